The average Bonchev–Trinajstić information content (AvgIpc) is 2.81. The number of nitrogens with zero attached hydrogens (tertiary/aromatic N) is 3. The maximum atomic E-state index is 8.92. The molecular formula is C12H7IN4S. The van der Waals surface area contributed by atoms with Gasteiger partial charge in [0, 0.05) is 5.69 Å². The van der Waals surface area contributed by atoms with Gasteiger partial charge in [-0.1, -0.05) is 0 Å². The average molecular weight is 366 g/mol. The van der Waals surface area contributed by atoms with Crippen LogP contribution in [0, 0.1) is 25.5 Å². The summed E-state index contributed by atoms with van der Waals surface area (Å²) < 4.78 is 1.14. The molecule has 18 heavy (non-hydrogen) atoms. The van der Waals surface area contributed by atoms with Gasteiger partial charge in [0.15, 0.2) is 0 Å². The third-order valence-corrected chi connectivity index (χ3v) is 3.95. The third-order valence-electron chi connectivity index (χ3n) is 2.23. The highest BCUT2D eigenvalue weighted by atomic mass is 127. The quantitative estimate of drug-likeness (QED) is 0.848. The number of nitrogens with one attached hydrogen (secondary N) is 1. The molecule has 4 nitrogen and oxygen atoms in total. The van der Waals surface area contributed by atoms with Crippen molar-refractivity contribution >= 4 is 39.6 Å². The highest BCUT2D eigenvalue weighted by molar-refractivity contribution is 14.1. The molecule has 2 rings (SSSR count). The summed E-state index contributed by atoms with van der Waals surface area (Å²) in [5.41, 5.74) is 1.60. The number of rotatable bonds is 3. The molecule has 1 aromatic heterocycles. The second-order valence-electron chi connectivity index (χ2n) is 3.40. The number of anilines is 1. The number of aromatic nitrogens is 1. The van der Waals surface area contributed by atoms with E-state index in [1.807, 2.05) is 18.3 Å². The third kappa shape index (κ3) is 2.97. The van der Waals surface area contributed by atoms with Crippen LogP contribution in [0.5, 0.6) is 0 Å². The highest BCUT2D eigenvalue weighted by Gasteiger charge is 2.04. The van der Waals surface area contributed by atoms with Gasteiger partial charge in [-0.2, -0.15) is 10.5 Å². The molecule has 0 saturated heterocycles. The number of halogens is 1. The first-order valence-corrected chi connectivity index (χ1v) is 6.91. The van der Waals surface area contributed by atoms with Crippen LogP contribution in [0.3, 0.4) is 0 Å². The van der Waals surface area contributed by atoms with Crippen molar-refractivity contribution in [2.24, 2.45) is 0 Å². The van der Waals surface area contributed by atoms with Crippen molar-refractivity contribution in [2.75, 3.05) is 5.32 Å². The van der Waals surface area contributed by atoms with Crippen LogP contribution in [-0.2, 0) is 6.54 Å². The summed E-state index contributed by atoms with van der Waals surface area (Å²) in [6.45, 7) is 0.616. The Morgan fingerprint density at radius 2 is 2.06 bits per heavy atom. The van der Waals surface area contributed by atoms with E-state index in [1.165, 1.54) is 0 Å². The summed E-state index contributed by atoms with van der Waals surface area (Å²) in [5.74, 6) is 0. The Bertz CT molecular complexity index is 651. The van der Waals surface area contributed by atoms with Crippen molar-refractivity contribution in [3.63, 3.8) is 0 Å². The Hall–Kier alpha value is -1.64. The Morgan fingerprint density at radius 3 is 2.67 bits per heavy atom. The molecule has 0 amide bonds. The highest BCUT2D eigenvalue weighted by Crippen LogP contribution is 2.18. The summed E-state index contributed by atoms with van der Waals surface area (Å²) in [6.07, 6.45) is 1.82. The number of hydrogen-bond donors (Lipinski definition) is 1. The summed E-state index contributed by atoms with van der Waals surface area (Å²) in [6, 6.07) is 9.11. The molecule has 6 heteroatoms. The number of thiazole rings is 1. The van der Waals surface area contributed by atoms with Crippen molar-refractivity contribution in [1.82, 2.24) is 4.98 Å². The zero-order chi connectivity index (χ0) is 13.0. The zero-order valence-electron chi connectivity index (χ0n) is 9.14. The maximum Gasteiger partial charge on any atom is 0.113 e. The van der Waals surface area contributed by atoms with Crippen molar-refractivity contribution in [3.8, 4) is 12.1 Å². The lowest BCUT2D eigenvalue weighted by Gasteiger charge is -2.05. The van der Waals surface area contributed by atoms with E-state index in [4.69, 9.17) is 10.5 Å². The van der Waals surface area contributed by atoms with E-state index >= 15 is 0 Å². The summed E-state index contributed by atoms with van der Waals surface area (Å²) in [4.78, 5) is 4.24. The first-order valence-electron chi connectivity index (χ1n) is 5.01. The lowest BCUT2D eigenvalue weighted by Crippen LogP contribution is -1.99. The normalized spacial score (nSPS) is 9.50. The van der Waals surface area contributed by atoms with Crippen LogP contribution in [0.25, 0.3) is 0 Å². The molecule has 1 heterocycles. The fourth-order valence-corrected chi connectivity index (χ4v) is 2.87. The molecule has 0 aliphatic carbocycles. The second kappa shape index (κ2) is 5.80. The van der Waals surface area contributed by atoms with Gasteiger partial charge in [-0.05, 0) is 40.8 Å². The standard InChI is InChI=1S/C12H7IN4S/c13-11-6-17-12(18-11)7-16-10-2-1-8(4-14)9(3-10)5-15/h1-3,6,16H,7H2. The Kier molecular flexibility index (Phi) is 4.13. The molecule has 0 bridgehead atoms. The van der Waals surface area contributed by atoms with Gasteiger partial charge in [-0.25, -0.2) is 4.98 Å². The van der Waals surface area contributed by atoms with Crippen LogP contribution in [0.15, 0.2) is 24.4 Å². The summed E-state index contributed by atoms with van der Waals surface area (Å²) in [7, 11) is 0. The molecule has 0 aliphatic heterocycles. The number of benzene rings is 1. The minimum absolute atomic E-state index is 0.385. The van der Waals surface area contributed by atoms with Crippen LogP contribution in [0.1, 0.15) is 16.1 Å². The van der Waals surface area contributed by atoms with Crippen molar-refractivity contribution in [3.05, 3.63) is 43.4 Å². The van der Waals surface area contributed by atoms with Crippen LogP contribution in [0.4, 0.5) is 5.69 Å². The van der Waals surface area contributed by atoms with E-state index < -0.39 is 0 Å². The van der Waals surface area contributed by atoms with Gasteiger partial charge >= 0.3 is 0 Å². The van der Waals surface area contributed by atoms with E-state index in [9.17, 15) is 0 Å². The lowest BCUT2D eigenvalue weighted by atomic mass is 10.1. The first kappa shape index (κ1) is 12.8. The molecule has 1 aromatic carbocycles. The fraction of sp³-hybridized carbons (Fsp3) is 0.0833. The summed E-state index contributed by atoms with van der Waals surface area (Å²) >= 11 is 3.85. The lowest BCUT2D eigenvalue weighted by molar-refractivity contribution is 1.10. The predicted molar refractivity (Wildman–Crippen MR) is 78.0 cm³/mol. The smallest absolute Gasteiger partial charge is 0.113 e. The SMILES string of the molecule is N#Cc1ccc(NCc2ncc(I)s2)cc1C#N. The van der Waals surface area contributed by atoms with Gasteiger partial charge in [0.2, 0.25) is 0 Å². The molecule has 0 unspecified atom stereocenters. The molecule has 0 atom stereocenters. The van der Waals surface area contributed by atoms with Crippen LogP contribution in [-0.4, -0.2) is 4.98 Å². The number of nitriles is 2. The Labute approximate surface area is 122 Å². The van der Waals surface area contributed by atoms with Gasteiger partial charge in [-0.15, -0.1) is 11.3 Å². The van der Waals surface area contributed by atoms with Crippen LogP contribution in [0.2, 0.25) is 0 Å². The van der Waals surface area contributed by atoms with Crippen molar-refractivity contribution in [2.45, 2.75) is 6.54 Å². The second-order valence-corrected chi connectivity index (χ2v) is 6.41. The van der Waals surface area contributed by atoms with Crippen molar-refractivity contribution in [1.29, 1.82) is 10.5 Å². The molecule has 2 aromatic rings. The van der Waals surface area contributed by atoms with Crippen LogP contribution >= 0.6 is 33.9 Å². The summed E-state index contributed by atoms with van der Waals surface area (Å²) in [5, 5.41) is 21.9. The minimum Gasteiger partial charge on any atom is -0.378 e. The molecule has 0 spiro atoms. The molecular weight excluding hydrogens is 359 g/mol. The molecule has 0 radical (unpaired) electrons. The van der Waals surface area contributed by atoms with Crippen molar-refractivity contribution < 1.29 is 0 Å². The van der Waals surface area contributed by atoms with Gasteiger partial charge < -0.3 is 5.32 Å². The molecule has 1 N–H and O–H groups in total. The molecule has 88 valence electrons. The van der Waals surface area contributed by atoms with E-state index in [0.717, 1.165) is 13.6 Å². The van der Waals surface area contributed by atoms with E-state index in [2.05, 4.69) is 32.9 Å². The number of hydrogen-bond acceptors (Lipinski definition) is 5. The first-order chi connectivity index (χ1) is 8.72. The zero-order valence-corrected chi connectivity index (χ0v) is 12.1. The Morgan fingerprint density at radius 1 is 1.28 bits per heavy atom. The van der Waals surface area contributed by atoms with Gasteiger partial charge in [0.25, 0.3) is 0 Å². The minimum atomic E-state index is 0.385. The molecule has 0 aliphatic rings. The van der Waals surface area contributed by atoms with Gasteiger partial charge in [-0.3, -0.25) is 0 Å². The molecule has 0 fully saturated rings. The van der Waals surface area contributed by atoms with Gasteiger partial charge in [0.1, 0.15) is 17.1 Å². The Balaban J connectivity index is 2.11. The monoisotopic (exact) mass is 366 g/mol. The van der Waals surface area contributed by atoms with Crippen LogP contribution < -0.4 is 5.32 Å². The predicted octanol–water partition coefficient (Wildman–Crippen LogP) is 3.10. The van der Waals surface area contributed by atoms with E-state index in [0.29, 0.717) is 17.7 Å². The topological polar surface area (TPSA) is 72.5 Å². The molecule has 0 saturated carbocycles. The fourth-order valence-electron chi connectivity index (χ4n) is 1.39. The maximum absolute atomic E-state index is 8.92. The largest absolute Gasteiger partial charge is 0.378 e. The van der Waals surface area contributed by atoms with E-state index in [-0.39, 0.29) is 0 Å². The van der Waals surface area contributed by atoms with Gasteiger partial charge in [0.05, 0.1) is 26.8 Å². The van der Waals surface area contributed by atoms with E-state index in [1.54, 1.807) is 29.5 Å².